The molecule has 2 rings (SSSR count). The highest BCUT2D eigenvalue weighted by Gasteiger charge is 2.36. The molecule has 0 spiro atoms. The Morgan fingerprint density at radius 1 is 1.17 bits per heavy atom. The van der Waals surface area contributed by atoms with Crippen molar-refractivity contribution in [2.24, 2.45) is 5.41 Å². The quantitative estimate of drug-likeness (QED) is 0.828. The number of nitrogens with one attached hydrogen (secondary N) is 1. The molecule has 0 saturated carbocycles. The van der Waals surface area contributed by atoms with Gasteiger partial charge in [-0.3, -0.25) is 14.6 Å². The number of carbonyl (C=O) groups excluding carboxylic acids is 2. The standard InChI is InChI=1S/C18H22N2O3/c1-4-18(5-2,12-23-13(3)21)17(22)20-15-10-6-8-14-9-7-11-19-16(14)15/h6-11H,4-5,12H2,1-3H3,(H,20,22). The van der Waals surface area contributed by atoms with Crippen molar-refractivity contribution in [3.05, 3.63) is 36.5 Å². The van der Waals surface area contributed by atoms with E-state index in [4.69, 9.17) is 4.74 Å². The van der Waals surface area contributed by atoms with Gasteiger partial charge in [-0.05, 0) is 25.0 Å². The first-order valence-corrected chi connectivity index (χ1v) is 7.81. The van der Waals surface area contributed by atoms with Crippen molar-refractivity contribution in [3.63, 3.8) is 0 Å². The van der Waals surface area contributed by atoms with Crippen LogP contribution in [0.1, 0.15) is 33.6 Å². The van der Waals surface area contributed by atoms with Gasteiger partial charge in [0.05, 0.1) is 16.6 Å². The summed E-state index contributed by atoms with van der Waals surface area (Å²) in [5, 5.41) is 3.92. The Hall–Kier alpha value is -2.43. The maximum Gasteiger partial charge on any atom is 0.302 e. The van der Waals surface area contributed by atoms with Crippen LogP contribution in [-0.2, 0) is 14.3 Å². The molecule has 1 aromatic carbocycles. The molecule has 0 aliphatic rings. The van der Waals surface area contributed by atoms with E-state index in [2.05, 4.69) is 10.3 Å². The number of amides is 1. The number of carbonyl (C=O) groups is 2. The van der Waals surface area contributed by atoms with E-state index in [0.717, 1.165) is 10.9 Å². The zero-order valence-electron chi connectivity index (χ0n) is 13.8. The summed E-state index contributed by atoms with van der Waals surface area (Å²) in [5.74, 6) is -0.530. The van der Waals surface area contributed by atoms with E-state index in [1.807, 2.05) is 44.2 Å². The van der Waals surface area contributed by atoms with E-state index < -0.39 is 5.41 Å². The second-order valence-corrected chi connectivity index (χ2v) is 5.60. The highest BCUT2D eigenvalue weighted by Crippen LogP contribution is 2.30. The zero-order chi connectivity index (χ0) is 16.9. The minimum Gasteiger partial charge on any atom is -0.465 e. The zero-order valence-corrected chi connectivity index (χ0v) is 13.8. The van der Waals surface area contributed by atoms with Crippen LogP contribution < -0.4 is 5.32 Å². The molecular weight excluding hydrogens is 292 g/mol. The average molecular weight is 314 g/mol. The lowest BCUT2D eigenvalue weighted by atomic mass is 9.82. The number of esters is 1. The Morgan fingerprint density at radius 3 is 2.52 bits per heavy atom. The second-order valence-electron chi connectivity index (χ2n) is 5.60. The molecular formula is C18H22N2O3. The number of ether oxygens (including phenoxy) is 1. The molecule has 5 nitrogen and oxygen atoms in total. The topological polar surface area (TPSA) is 68.3 Å². The first kappa shape index (κ1) is 16.9. The number of hydrogen-bond acceptors (Lipinski definition) is 4. The van der Waals surface area contributed by atoms with Gasteiger partial charge in [-0.25, -0.2) is 0 Å². The van der Waals surface area contributed by atoms with Crippen LogP contribution in [0.5, 0.6) is 0 Å². The minimum atomic E-state index is -0.734. The molecule has 0 atom stereocenters. The average Bonchev–Trinajstić information content (AvgIpc) is 2.56. The van der Waals surface area contributed by atoms with Crippen LogP contribution in [0.2, 0.25) is 0 Å². The number of fused-ring (bicyclic) bond motifs is 1. The third kappa shape index (κ3) is 3.67. The van der Waals surface area contributed by atoms with Gasteiger partial charge in [-0.1, -0.05) is 32.0 Å². The van der Waals surface area contributed by atoms with E-state index in [1.54, 1.807) is 6.20 Å². The number of rotatable bonds is 6. The molecule has 5 heteroatoms. The molecule has 0 saturated heterocycles. The molecule has 0 fully saturated rings. The van der Waals surface area contributed by atoms with Crippen LogP contribution in [0.3, 0.4) is 0 Å². The maximum atomic E-state index is 12.8. The predicted octanol–water partition coefficient (Wildman–Crippen LogP) is 3.54. The van der Waals surface area contributed by atoms with Crippen LogP contribution >= 0.6 is 0 Å². The van der Waals surface area contributed by atoms with Crippen LogP contribution in [0.25, 0.3) is 10.9 Å². The van der Waals surface area contributed by atoms with Gasteiger partial charge in [0.2, 0.25) is 5.91 Å². The number of aromatic nitrogens is 1. The highest BCUT2D eigenvalue weighted by molar-refractivity contribution is 6.02. The summed E-state index contributed by atoms with van der Waals surface area (Å²) in [7, 11) is 0. The van der Waals surface area contributed by atoms with E-state index in [9.17, 15) is 9.59 Å². The lowest BCUT2D eigenvalue weighted by molar-refractivity contribution is -0.147. The van der Waals surface area contributed by atoms with E-state index in [0.29, 0.717) is 18.5 Å². The van der Waals surface area contributed by atoms with Crippen LogP contribution in [0.4, 0.5) is 5.69 Å². The molecule has 1 amide bonds. The number of para-hydroxylation sites is 1. The van der Waals surface area contributed by atoms with E-state index >= 15 is 0 Å². The molecule has 122 valence electrons. The van der Waals surface area contributed by atoms with Crippen molar-refractivity contribution in [1.29, 1.82) is 0 Å². The van der Waals surface area contributed by atoms with Crippen molar-refractivity contribution in [1.82, 2.24) is 4.98 Å². The van der Waals surface area contributed by atoms with Crippen LogP contribution in [0.15, 0.2) is 36.5 Å². The largest absolute Gasteiger partial charge is 0.465 e. The summed E-state index contributed by atoms with van der Waals surface area (Å²) in [4.78, 5) is 28.3. The number of pyridine rings is 1. The smallest absolute Gasteiger partial charge is 0.302 e. The normalized spacial score (nSPS) is 11.3. The van der Waals surface area contributed by atoms with Gasteiger partial charge in [0.1, 0.15) is 6.61 Å². The first-order valence-electron chi connectivity index (χ1n) is 7.81. The Kier molecular flexibility index (Phi) is 5.32. The van der Waals surface area contributed by atoms with Crippen molar-refractivity contribution in [2.45, 2.75) is 33.6 Å². The summed E-state index contributed by atoms with van der Waals surface area (Å²) >= 11 is 0. The van der Waals surface area contributed by atoms with Crippen molar-refractivity contribution in [2.75, 3.05) is 11.9 Å². The lowest BCUT2D eigenvalue weighted by Crippen LogP contribution is -2.40. The summed E-state index contributed by atoms with van der Waals surface area (Å²) in [5.41, 5.74) is 0.682. The highest BCUT2D eigenvalue weighted by atomic mass is 16.5. The lowest BCUT2D eigenvalue weighted by Gasteiger charge is -2.29. The molecule has 1 N–H and O–H groups in total. The van der Waals surface area contributed by atoms with E-state index in [1.165, 1.54) is 6.92 Å². The van der Waals surface area contributed by atoms with Gasteiger partial charge in [-0.2, -0.15) is 0 Å². The fourth-order valence-electron chi connectivity index (χ4n) is 2.54. The summed E-state index contributed by atoms with van der Waals surface area (Å²) < 4.78 is 5.12. The summed E-state index contributed by atoms with van der Waals surface area (Å²) in [6.07, 6.45) is 2.87. The fourth-order valence-corrected chi connectivity index (χ4v) is 2.54. The van der Waals surface area contributed by atoms with Crippen LogP contribution in [0, 0.1) is 5.41 Å². The van der Waals surface area contributed by atoms with Crippen molar-refractivity contribution < 1.29 is 14.3 Å². The summed E-state index contributed by atoms with van der Waals surface area (Å²) in [6, 6.07) is 9.46. The SMILES string of the molecule is CCC(CC)(COC(C)=O)C(=O)Nc1cccc2cccnc12. The minimum absolute atomic E-state index is 0.0827. The number of anilines is 1. The van der Waals surface area contributed by atoms with E-state index in [-0.39, 0.29) is 18.5 Å². The van der Waals surface area contributed by atoms with Gasteiger partial charge in [0.15, 0.2) is 0 Å². The second kappa shape index (κ2) is 7.22. The van der Waals surface area contributed by atoms with Gasteiger partial charge in [0.25, 0.3) is 0 Å². The van der Waals surface area contributed by atoms with Crippen molar-refractivity contribution >= 4 is 28.5 Å². The monoisotopic (exact) mass is 314 g/mol. The fraction of sp³-hybridized carbons (Fsp3) is 0.389. The molecule has 0 aliphatic heterocycles. The molecule has 0 unspecified atom stereocenters. The Balaban J connectivity index is 2.28. The number of nitrogens with zero attached hydrogens (tertiary/aromatic N) is 1. The van der Waals surface area contributed by atoms with Crippen LogP contribution in [-0.4, -0.2) is 23.5 Å². The van der Waals surface area contributed by atoms with Crippen molar-refractivity contribution in [3.8, 4) is 0 Å². The third-order valence-corrected chi connectivity index (χ3v) is 4.27. The third-order valence-electron chi connectivity index (χ3n) is 4.27. The molecule has 0 radical (unpaired) electrons. The molecule has 2 aromatic rings. The summed E-state index contributed by atoms with van der Waals surface area (Å²) in [6.45, 7) is 5.28. The first-order chi connectivity index (χ1) is 11.0. The van der Waals surface area contributed by atoms with Gasteiger partial charge >= 0.3 is 5.97 Å². The van der Waals surface area contributed by atoms with Gasteiger partial charge in [-0.15, -0.1) is 0 Å². The molecule has 1 aromatic heterocycles. The molecule has 0 aliphatic carbocycles. The predicted molar refractivity (Wildman–Crippen MR) is 90.0 cm³/mol. The maximum absolute atomic E-state index is 12.8. The Morgan fingerprint density at radius 2 is 1.87 bits per heavy atom. The Bertz CT molecular complexity index is 703. The number of benzene rings is 1. The van der Waals surface area contributed by atoms with Gasteiger partial charge in [0, 0.05) is 18.5 Å². The molecule has 0 bridgehead atoms. The molecule has 23 heavy (non-hydrogen) atoms. The van der Waals surface area contributed by atoms with Gasteiger partial charge < -0.3 is 10.1 Å². The molecule has 1 heterocycles. The number of hydrogen-bond donors (Lipinski definition) is 1. The Labute approximate surface area is 136 Å².